The molecule has 0 spiro atoms. The molecule has 0 saturated heterocycles. The third kappa shape index (κ3) is 6.48. The van der Waals surface area contributed by atoms with Gasteiger partial charge in [-0.1, -0.05) is 79.7 Å². The Morgan fingerprint density at radius 1 is 0.868 bits per heavy atom. The smallest absolute Gasteiger partial charge is 0.316 e. The van der Waals surface area contributed by atoms with E-state index in [9.17, 15) is 4.79 Å². The average Bonchev–Trinajstić information content (AvgIpc) is 2.91. The summed E-state index contributed by atoms with van der Waals surface area (Å²) in [6.07, 6.45) is 0.258. The molecule has 0 saturated carbocycles. The number of aryl methyl sites for hydroxylation is 2. The zero-order chi connectivity index (χ0) is 27.1. The van der Waals surface area contributed by atoms with Crippen LogP contribution in [0.15, 0.2) is 91.0 Å². The van der Waals surface area contributed by atoms with E-state index >= 15 is 0 Å². The molecule has 1 atom stereocenters. The molecule has 3 aromatic carbocycles. The Kier molecular flexibility index (Phi) is 8.60. The van der Waals surface area contributed by atoms with Crippen LogP contribution in [0.5, 0.6) is 5.75 Å². The first-order valence-corrected chi connectivity index (χ1v) is 12.3. The van der Waals surface area contributed by atoms with E-state index in [1.165, 1.54) is 0 Å². The van der Waals surface area contributed by atoms with Crippen molar-refractivity contribution in [2.75, 3.05) is 0 Å². The lowest BCUT2D eigenvalue weighted by atomic mass is 9.66. The van der Waals surface area contributed by atoms with E-state index in [1.807, 2.05) is 87.5 Å². The predicted octanol–water partition coefficient (Wildman–Crippen LogP) is 5.38. The quantitative estimate of drug-likeness (QED) is 0.166. The fourth-order valence-corrected chi connectivity index (χ4v) is 4.75. The van der Waals surface area contributed by atoms with Crippen LogP contribution in [-0.4, -0.2) is 31.7 Å². The summed E-state index contributed by atoms with van der Waals surface area (Å²) in [6, 6.07) is 28.4. The van der Waals surface area contributed by atoms with Crippen LogP contribution in [-0.2, 0) is 28.1 Å². The van der Waals surface area contributed by atoms with Gasteiger partial charge in [0.1, 0.15) is 11.6 Å². The lowest BCUT2D eigenvalue weighted by Crippen LogP contribution is -2.42. The van der Waals surface area contributed by atoms with Gasteiger partial charge in [-0.15, -0.1) is 0 Å². The Labute approximate surface area is 222 Å². The first kappa shape index (κ1) is 27.1. The first-order valence-electron chi connectivity index (χ1n) is 12.3. The highest BCUT2D eigenvalue weighted by molar-refractivity contribution is 5.78. The number of hydrogen-bond acceptors (Lipinski definition) is 8. The molecule has 4 aromatic rings. The molecule has 0 aliphatic rings. The molecular formula is C30H31N3O5. The summed E-state index contributed by atoms with van der Waals surface area (Å²) in [4.78, 5) is 28.0. The fourth-order valence-electron chi connectivity index (χ4n) is 4.75. The zero-order valence-corrected chi connectivity index (χ0v) is 21.6. The van der Waals surface area contributed by atoms with Crippen molar-refractivity contribution in [3.63, 3.8) is 0 Å². The number of nitrogens with zero attached hydrogens (tertiary/aromatic N) is 3. The number of ether oxygens (including phenoxy) is 1. The highest BCUT2D eigenvalue weighted by atomic mass is 17.1. The third-order valence-electron chi connectivity index (χ3n) is 6.61. The molecule has 0 bridgehead atoms. The SMILES string of the molecule is Cc1cc(C)nc(CC(C(=O)Oc2cccc(CON(O)O)c2)C(C)(c2ccccc2)c2ccccc2)n1. The predicted molar refractivity (Wildman–Crippen MR) is 140 cm³/mol. The molecular weight excluding hydrogens is 482 g/mol. The summed E-state index contributed by atoms with van der Waals surface area (Å²) in [7, 11) is 0. The Bertz CT molecular complexity index is 1300. The number of benzene rings is 3. The number of aromatic nitrogens is 2. The van der Waals surface area contributed by atoms with Gasteiger partial charge in [-0.25, -0.2) is 14.8 Å². The van der Waals surface area contributed by atoms with Crippen LogP contribution in [0, 0.1) is 19.8 Å². The van der Waals surface area contributed by atoms with Crippen molar-refractivity contribution in [2.45, 2.75) is 39.2 Å². The maximum absolute atomic E-state index is 14.1. The van der Waals surface area contributed by atoms with Gasteiger partial charge in [-0.3, -0.25) is 15.2 Å². The fraction of sp³-hybridized carbons (Fsp3) is 0.233. The van der Waals surface area contributed by atoms with Crippen molar-refractivity contribution in [2.24, 2.45) is 5.92 Å². The van der Waals surface area contributed by atoms with E-state index in [2.05, 4.69) is 9.97 Å². The van der Waals surface area contributed by atoms with Crippen molar-refractivity contribution < 1.29 is 24.8 Å². The highest BCUT2D eigenvalue weighted by Crippen LogP contribution is 2.41. The van der Waals surface area contributed by atoms with Crippen LogP contribution >= 0.6 is 0 Å². The van der Waals surface area contributed by atoms with Crippen molar-refractivity contribution in [1.82, 2.24) is 15.4 Å². The molecule has 0 radical (unpaired) electrons. The number of esters is 1. The second-order valence-corrected chi connectivity index (χ2v) is 9.35. The molecule has 0 aliphatic heterocycles. The van der Waals surface area contributed by atoms with Gasteiger partial charge >= 0.3 is 5.97 Å². The molecule has 1 heterocycles. The Morgan fingerprint density at radius 2 is 1.45 bits per heavy atom. The van der Waals surface area contributed by atoms with Gasteiger partial charge in [0.2, 0.25) is 0 Å². The number of hydrogen-bond donors (Lipinski definition) is 2. The molecule has 38 heavy (non-hydrogen) atoms. The molecule has 2 N–H and O–H groups in total. The number of rotatable bonds is 10. The second-order valence-electron chi connectivity index (χ2n) is 9.35. The molecule has 0 aliphatic carbocycles. The van der Waals surface area contributed by atoms with Gasteiger partial charge < -0.3 is 4.74 Å². The summed E-state index contributed by atoms with van der Waals surface area (Å²) < 4.78 is 5.96. The van der Waals surface area contributed by atoms with Crippen LogP contribution in [0.25, 0.3) is 0 Å². The Morgan fingerprint density at radius 3 is 2.00 bits per heavy atom. The first-order chi connectivity index (χ1) is 18.3. The second kappa shape index (κ2) is 12.1. The van der Waals surface area contributed by atoms with Gasteiger partial charge in [0.25, 0.3) is 0 Å². The normalized spacial score (nSPS) is 12.4. The topological polar surface area (TPSA) is 105 Å². The molecule has 4 rings (SSSR count). The van der Waals surface area contributed by atoms with Crippen molar-refractivity contribution in [3.05, 3.63) is 125 Å². The largest absolute Gasteiger partial charge is 0.426 e. The summed E-state index contributed by atoms with van der Waals surface area (Å²) in [5, 5.41) is 17.4. The van der Waals surface area contributed by atoms with Crippen LogP contribution in [0.4, 0.5) is 0 Å². The van der Waals surface area contributed by atoms with E-state index in [0.717, 1.165) is 22.5 Å². The molecule has 0 fully saturated rings. The van der Waals surface area contributed by atoms with Crippen molar-refractivity contribution in [1.29, 1.82) is 0 Å². The van der Waals surface area contributed by atoms with Crippen LogP contribution in [0.3, 0.4) is 0 Å². The molecule has 196 valence electrons. The van der Waals surface area contributed by atoms with Gasteiger partial charge in [-0.2, -0.15) is 0 Å². The Hall–Kier alpha value is -3.95. The molecule has 8 heteroatoms. The number of carbonyl (C=O) groups excluding carboxylic acids is 1. The molecule has 1 aromatic heterocycles. The van der Waals surface area contributed by atoms with Crippen molar-refractivity contribution >= 4 is 5.97 Å². The molecule has 1 unspecified atom stereocenters. The lowest BCUT2D eigenvalue weighted by molar-refractivity contribution is -0.497. The summed E-state index contributed by atoms with van der Waals surface area (Å²) >= 11 is 0. The van der Waals surface area contributed by atoms with E-state index in [4.69, 9.17) is 20.0 Å². The third-order valence-corrected chi connectivity index (χ3v) is 6.61. The van der Waals surface area contributed by atoms with Crippen LogP contribution in [0.1, 0.15) is 40.8 Å². The van der Waals surface area contributed by atoms with Crippen molar-refractivity contribution in [3.8, 4) is 5.75 Å². The molecule has 8 nitrogen and oxygen atoms in total. The monoisotopic (exact) mass is 513 g/mol. The number of carbonyl (C=O) groups is 1. The maximum atomic E-state index is 14.1. The minimum atomic E-state index is -0.768. The van der Waals surface area contributed by atoms with Crippen LogP contribution < -0.4 is 4.74 Å². The van der Waals surface area contributed by atoms with E-state index in [-0.39, 0.29) is 18.4 Å². The minimum Gasteiger partial charge on any atom is -0.426 e. The molecule has 0 amide bonds. The zero-order valence-electron chi connectivity index (χ0n) is 21.6. The highest BCUT2D eigenvalue weighted by Gasteiger charge is 2.43. The summed E-state index contributed by atoms with van der Waals surface area (Å²) in [6.45, 7) is 5.75. The average molecular weight is 514 g/mol. The summed E-state index contributed by atoms with van der Waals surface area (Å²) in [5.41, 5.74) is 3.41. The van der Waals surface area contributed by atoms with Gasteiger partial charge in [-0.05, 0) is 48.7 Å². The van der Waals surface area contributed by atoms with Gasteiger partial charge in [0.15, 0.2) is 0 Å². The van der Waals surface area contributed by atoms with Gasteiger partial charge in [0, 0.05) is 23.2 Å². The maximum Gasteiger partial charge on any atom is 0.316 e. The van der Waals surface area contributed by atoms with Gasteiger partial charge in [0.05, 0.1) is 17.9 Å². The Balaban J connectivity index is 1.77. The summed E-state index contributed by atoms with van der Waals surface area (Å²) in [5.74, 6) is -0.241. The van der Waals surface area contributed by atoms with Crippen LogP contribution in [0.2, 0.25) is 0 Å². The van der Waals surface area contributed by atoms with E-state index in [0.29, 0.717) is 17.1 Å². The van der Waals surface area contributed by atoms with E-state index in [1.54, 1.807) is 24.3 Å². The minimum absolute atomic E-state index is 0.121. The van der Waals surface area contributed by atoms with E-state index < -0.39 is 17.3 Å². The standard InChI is InChI=1S/C30H31N3O5/c1-21-17-22(2)32-28(31-21)19-27(29(34)38-26-16-10-11-23(18-26)20-37-33(35)36)30(3,24-12-6-4-7-13-24)25-14-8-5-9-15-25/h4-18,27,35-36H,19-20H2,1-3H3. The lowest BCUT2D eigenvalue weighted by Gasteiger charge is -2.37.